The summed E-state index contributed by atoms with van der Waals surface area (Å²) in [6.07, 6.45) is 0.964. The van der Waals surface area contributed by atoms with E-state index in [1.165, 1.54) is 6.92 Å². The molecule has 1 unspecified atom stereocenters. The first kappa shape index (κ1) is 19.9. The van der Waals surface area contributed by atoms with Crippen LogP contribution >= 0.6 is 0 Å². The average molecular weight is 387 g/mol. The standard InChI is InChI=1S/C20H25N3O5/c1-13(24)21-17-11-15(25)7-8-18(17)23-10-9-16(19(23)26)22-20(27)28-12-14-5-3-2-4-6-14/h2-6,16-18H,7-12H2,1H3,(H,21,24)(H,22,27)/t16-,17+,18?/m0/s1. The van der Waals surface area contributed by atoms with Gasteiger partial charge in [0.15, 0.2) is 0 Å². The third kappa shape index (κ3) is 4.88. The van der Waals surface area contributed by atoms with Gasteiger partial charge in [0, 0.05) is 26.3 Å². The number of nitrogens with one attached hydrogen (secondary N) is 2. The van der Waals surface area contributed by atoms with E-state index in [1.807, 2.05) is 30.3 Å². The van der Waals surface area contributed by atoms with Crippen molar-refractivity contribution in [1.29, 1.82) is 0 Å². The van der Waals surface area contributed by atoms with Crippen LogP contribution in [0.5, 0.6) is 0 Å². The molecule has 3 atom stereocenters. The molecule has 1 saturated heterocycles. The molecule has 28 heavy (non-hydrogen) atoms. The fourth-order valence-electron chi connectivity index (χ4n) is 3.85. The van der Waals surface area contributed by atoms with Gasteiger partial charge in [0.1, 0.15) is 18.4 Å². The minimum atomic E-state index is -0.654. The fraction of sp³-hybridized carbons (Fsp3) is 0.500. The van der Waals surface area contributed by atoms with Crippen LogP contribution in [0.4, 0.5) is 4.79 Å². The van der Waals surface area contributed by atoms with E-state index in [4.69, 9.17) is 4.74 Å². The Morgan fingerprint density at radius 3 is 2.61 bits per heavy atom. The molecule has 0 aromatic heterocycles. The highest BCUT2D eigenvalue weighted by Crippen LogP contribution is 2.26. The second-order valence-corrected chi connectivity index (χ2v) is 7.23. The molecule has 150 valence electrons. The van der Waals surface area contributed by atoms with Gasteiger partial charge in [-0.1, -0.05) is 30.3 Å². The number of Topliss-reactive ketones (excluding diaryl/α,β-unsaturated/α-hetero) is 1. The predicted octanol–water partition coefficient (Wildman–Crippen LogP) is 1.14. The Labute approximate surface area is 163 Å². The maximum absolute atomic E-state index is 12.8. The number of ether oxygens (including phenoxy) is 1. The number of hydrogen-bond acceptors (Lipinski definition) is 5. The molecule has 2 N–H and O–H groups in total. The van der Waals surface area contributed by atoms with Crippen molar-refractivity contribution in [2.45, 2.75) is 57.3 Å². The first-order valence-electron chi connectivity index (χ1n) is 9.50. The highest BCUT2D eigenvalue weighted by atomic mass is 16.5. The minimum Gasteiger partial charge on any atom is -0.445 e. The second-order valence-electron chi connectivity index (χ2n) is 7.23. The zero-order valence-corrected chi connectivity index (χ0v) is 15.8. The van der Waals surface area contributed by atoms with E-state index < -0.39 is 12.1 Å². The van der Waals surface area contributed by atoms with Crippen molar-refractivity contribution >= 4 is 23.7 Å². The highest BCUT2D eigenvalue weighted by Gasteiger charge is 2.42. The zero-order chi connectivity index (χ0) is 20.1. The van der Waals surface area contributed by atoms with Gasteiger partial charge < -0.3 is 20.3 Å². The molecular formula is C20H25N3O5. The Kier molecular flexibility index (Phi) is 6.28. The first-order valence-corrected chi connectivity index (χ1v) is 9.50. The second kappa shape index (κ2) is 8.86. The number of ketones is 1. The maximum Gasteiger partial charge on any atom is 0.408 e. The average Bonchev–Trinajstić information content (AvgIpc) is 3.01. The number of benzene rings is 1. The van der Waals surface area contributed by atoms with Crippen LogP contribution in [-0.4, -0.2) is 53.3 Å². The lowest BCUT2D eigenvalue weighted by Crippen LogP contribution is -2.56. The van der Waals surface area contributed by atoms with Crippen molar-refractivity contribution in [3.8, 4) is 0 Å². The number of amides is 3. The molecular weight excluding hydrogens is 362 g/mol. The molecule has 1 aliphatic carbocycles. The quantitative estimate of drug-likeness (QED) is 0.788. The Bertz CT molecular complexity index is 749. The number of carbonyl (C=O) groups is 4. The number of likely N-dealkylation sites (tertiary alicyclic amines) is 1. The Morgan fingerprint density at radius 1 is 1.14 bits per heavy atom. The normalized spacial score (nSPS) is 24.8. The van der Waals surface area contributed by atoms with Crippen LogP contribution < -0.4 is 10.6 Å². The largest absolute Gasteiger partial charge is 0.445 e. The Morgan fingerprint density at radius 2 is 1.89 bits per heavy atom. The fourth-order valence-corrected chi connectivity index (χ4v) is 3.85. The summed E-state index contributed by atoms with van der Waals surface area (Å²) in [5.74, 6) is -0.345. The minimum absolute atomic E-state index is 0.0841. The predicted molar refractivity (Wildman–Crippen MR) is 100 cm³/mol. The Hall–Kier alpha value is -2.90. The van der Waals surface area contributed by atoms with Gasteiger partial charge in [-0.2, -0.15) is 0 Å². The number of carbonyl (C=O) groups excluding carboxylic acids is 4. The lowest BCUT2D eigenvalue weighted by Gasteiger charge is -2.37. The summed E-state index contributed by atoms with van der Waals surface area (Å²) in [6.45, 7) is 2.00. The Balaban J connectivity index is 1.55. The van der Waals surface area contributed by atoms with Gasteiger partial charge in [-0.25, -0.2) is 4.79 Å². The number of rotatable bonds is 5. The van der Waals surface area contributed by atoms with Gasteiger partial charge in [0.25, 0.3) is 0 Å². The summed E-state index contributed by atoms with van der Waals surface area (Å²) < 4.78 is 5.18. The lowest BCUT2D eigenvalue weighted by atomic mass is 9.88. The van der Waals surface area contributed by atoms with Crippen molar-refractivity contribution in [2.75, 3.05) is 6.54 Å². The summed E-state index contributed by atoms with van der Waals surface area (Å²) in [5, 5.41) is 5.41. The third-order valence-electron chi connectivity index (χ3n) is 5.16. The molecule has 2 aliphatic rings. The molecule has 3 rings (SSSR count). The van der Waals surface area contributed by atoms with Gasteiger partial charge in [-0.05, 0) is 18.4 Å². The van der Waals surface area contributed by atoms with Gasteiger partial charge in [0.05, 0.1) is 12.1 Å². The van der Waals surface area contributed by atoms with Crippen LogP contribution in [0.1, 0.15) is 38.2 Å². The molecule has 1 saturated carbocycles. The van der Waals surface area contributed by atoms with Gasteiger partial charge >= 0.3 is 6.09 Å². The zero-order valence-electron chi connectivity index (χ0n) is 15.8. The van der Waals surface area contributed by atoms with Gasteiger partial charge in [0.2, 0.25) is 11.8 Å². The third-order valence-corrected chi connectivity index (χ3v) is 5.16. The van der Waals surface area contributed by atoms with Crippen LogP contribution in [0.3, 0.4) is 0 Å². The number of hydrogen-bond donors (Lipinski definition) is 2. The summed E-state index contributed by atoms with van der Waals surface area (Å²) in [4.78, 5) is 49.7. The first-order chi connectivity index (χ1) is 13.4. The summed E-state index contributed by atoms with van der Waals surface area (Å²) in [6, 6.07) is 8.02. The van der Waals surface area contributed by atoms with Gasteiger partial charge in [-0.15, -0.1) is 0 Å². The van der Waals surface area contributed by atoms with Crippen LogP contribution in [0.15, 0.2) is 30.3 Å². The van der Waals surface area contributed by atoms with Crippen LogP contribution in [-0.2, 0) is 25.7 Å². The number of nitrogens with zero attached hydrogens (tertiary/aromatic N) is 1. The van der Waals surface area contributed by atoms with Crippen LogP contribution in [0, 0.1) is 0 Å². The van der Waals surface area contributed by atoms with E-state index in [9.17, 15) is 19.2 Å². The molecule has 3 amide bonds. The molecule has 1 aliphatic heterocycles. The summed E-state index contributed by atoms with van der Waals surface area (Å²) >= 11 is 0. The van der Waals surface area contributed by atoms with Crippen LogP contribution in [0.25, 0.3) is 0 Å². The maximum atomic E-state index is 12.8. The molecule has 0 radical (unpaired) electrons. The monoisotopic (exact) mass is 387 g/mol. The highest BCUT2D eigenvalue weighted by molar-refractivity contribution is 5.88. The SMILES string of the molecule is CC(=O)N[C@@H]1CC(=O)CCC1N1CC[C@H](NC(=O)OCc2ccccc2)C1=O. The van der Waals surface area contributed by atoms with E-state index in [2.05, 4.69) is 10.6 Å². The topological polar surface area (TPSA) is 105 Å². The molecule has 1 aromatic rings. The molecule has 8 heteroatoms. The van der Waals surface area contributed by atoms with Gasteiger partial charge in [-0.3, -0.25) is 14.4 Å². The number of alkyl carbamates (subject to hydrolysis) is 1. The molecule has 0 bridgehead atoms. The van der Waals surface area contributed by atoms with E-state index >= 15 is 0 Å². The van der Waals surface area contributed by atoms with E-state index in [0.29, 0.717) is 25.8 Å². The van der Waals surface area contributed by atoms with E-state index in [1.54, 1.807) is 4.90 Å². The van der Waals surface area contributed by atoms with Crippen molar-refractivity contribution in [2.24, 2.45) is 0 Å². The lowest BCUT2D eigenvalue weighted by molar-refractivity contribution is -0.135. The van der Waals surface area contributed by atoms with Crippen LogP contribution in [0.2, 0.25) is 0 Å². The molecule has 8 nitrogen and oxygen atoms in total. The van der Waals surface area contributed by atoms with Crippen molar-refractivity contribution in [3.05, 3.63) is 35.9 Å². The van der Waals surface area contributed by atoms with Crippen molar-refractivity contribution in [1.82, 2.24) is 15.5 Å². The van der Waals surface area contributed by atoms with E-state index in [0.717, 1.165) is 5.56 Å². The summed E-state index contributed by atoms with van der Waals surface area (Å²) in [5.41, 5.74) is 0.863. The molecule has 1 aromatic carbocycles. The smallest absolute Gasteiger partial charge is 0.408 e. The van der Waals surface area contributed by atoms with Crippen molar-refractivity contribution in [3.63, 3.8) is 0 Å². The molecule has 1 heterocycles. The van der Waals surface area contributed by atoms with E-state index in [-0.39, 0.29) is 42.7 Å². The summed E-state index contributed by atoms with van der Waals surface area (Å²) in [7, 11) is 0. The molecule has 0 spiro atoms. The molecule has 2 fully saturated rings. The van der Waals surface area contributed by atoms with Crippen molar-refractivity contribution < 1.29 is 23.9 Å².